The van der Waals surface area contributed by atoms with Crippen LogP contribution in [0.1, 0.15) is 46.1 Å². The van der Waals surface area contributed by atoms with Gasteiger partial charge in [-0.1, -0.05) is 36.4 Å². The Hall–Kier alpha value is -4.44. The van der Waals surface area contributed by atoms with Crippen molar-refractivity contribution in [1.29, 1.82) is 5.26 Å². The molecule has 1 amide bonds. The minimum Gasteiger partial charge on any atom is -0.489 e. The second kappa shape index (κ2) is 8.97. The molecule has 0 radical (unpaired) electrons. The number of nitriles is 1. The fraction of sp³-hybridized carbons (Fsp3) is 0.154. The van der Waals surface area contributed by atoms with E-state index in [1.54, 1.807) is 30.3 Å². The van der Waals surface area contributed by atoms with Gasteiger partial charge in [0.15, 0.2) is 5.82 Å². The number of amides is 1. The number of aromatic amines is 1. The fourth-order valence-corrected chi connectivity index (χ4v) is 3.53. The van der Waals surface area contributed by atoms with Gasteiger partial charge in [0.05, 0.1) is 11.6 Å². The maximum Gasteiger partial charge on any atom is 0.255 e. The number of aromatic nitrogens is 3. The van der Waals surface area contributed by atoms with Crippen LogP contribution in [-0.4, -0.2) is 21.1 Å². The van der Waals surface area contributed by atoms with Gasteiger partial charge in [-0.25, -0.2) is 4.98 Å². The van der Waals surface area contributed by atoms with E-state index in [0.717, 1.165) is 29.8 Å². The lowest BCUT2D eigenvalue weighted by Crippen LogP contribution is -2.12. The third-order valence-corrected chi connectivity index (χ3v) is 5.47. The smallest absolute Gasteiger partial charge is 0.255 e. The molecule has 2 N–H and O–H groups in total. The molecule has 1 aliphatic carbocycles. The van der Waals surface area contributed by atoms with E-state index in [1.165, 1.54) is 0 Å². The summed E-state index contributed by atoms with van der Waals surface area (Å²) in [5.74, 6) is 2.35. The van der Waals surface area contributed by atoms with Crippen LogP contribution in [0.3, 0.4) is 0 Å². The zero-order valence-corrected chi connectivity index (χ0v) is 17.8. The van der Waals surface area contributed by atoms with E-state index < -0.39 is 0 Å². The summed E-state index contributed by atoms with van der Waals surface area (Å²) in [6, 6.07) is 23.9. The van der Waals surface area contributed by atoms with Gasteiger partial charge < -0.3 is 10.1 Å². The lowest BCUT2D eigenvalue weighted by Gasteiger charge is -2.10. The van der Waals surface area contributed by atoms with E-state index >= 15 is 0 Å². The van der Waals surface area contributed by atoms with Crippen LogP contribution >= 0.6 is 0 Å². The molecular weight excluding hydrogens is 414 g/mol. The SMILES string of the molecule is N#Cc1ccccc1COc1cccc(C(=O)Nc2cccc(-c3n[nH]c(C4CC4)n3)c2)c1. The number of nitrogens with one attached hydrogen (secondary N) is 2. The first-order valence-electron chi connectivity index (χ1n) is 10.7. The predicted octanol–water partition coefficient (Wildman–Crippen LogP) is 5.05. The number of benzene rings is 3. The van der Waals surface area contributed by atoms with Gasteiger partial charge in [-0.15, -0.1) is 0 Å². The molecule has 0 atom stereocenters. The minimum atomic E-state index is -0.247. The average Bonchev–Trinajstić information content (AvgIpc) is 3.59. The van der Waals surface area contributed by atoms with Gasteiger partial charge in [-0.05, 0) is 49.2 Å². The Kier molecular flexibility index (Phi) is 5.56. The molecule has 33 heavy (non-hydrogen) atoms. The fourth-order valence-electron chi connectivity index (χ4n) is 3.53. The summed E-state index contributed by atoms with van der Waals surface area (Å²) in [5, 5.41) is 19.5. The van der Waals surface area contributed by atoms with E-state index in [-0.39, 0.29) is 12.5 Å². The molecule has 7 heteroatoms. The lowest BCUT2D eigenvalue weighted by atomic mass is 10.1. The van der Waals surface area contributed by atoms with Crippen LogP contribution in [0.25, 0.3) is 11.4 Å². The van der Waals surface area contributed by atoms with Crippen LogP contribution in [0.2, 0.25) is 0 Å². The van der Waals surface area contributed by atoms with Crippen molar-refractivity contribution in [2.45, 2.75) is 25.4 Å². The molecule has 0 bridgehead atoms. The van der Waals surface area contributed by atoms with Crippen LogP contribution < -0.4 is 10.1 Å². The van der Waals surface area contributed by atoms with Crippen molar-refractivity contribution < 1.29 is 9.53 Å². The molecule has 0 saturated heterocycles. The molecule has 3 aromatic carbocycles. The first-order chi connectivity index (χ1) is 16.2. The highest BCUT2D eigenvalue weighted by Gasteiger charge is 2.27. The van der Waals surface area contributed by atoms with Gasteiger partial charge in [0, 0.05) is 28.3 Å². The number of carbonyl (C=O) groups excluding carboxylic acids is 1. The molecule has 1 aromatic heterocycles. The molecule has 162 valence electrons. The highest BCUT2D eigenvalue weighted by Crippen LogP contribution is 2.38. The summed E-state index contributed by atoms with van der Waals surface area (Å²) in [5.41, 5.74) is 3.33. The minimum absolute atomic E-state index is 0.246. The van der Waals surface area contributed by atoms with E-state index in [1.807, 2.05) is 42.5 Å². The summed E-state index contributed by atoms with van der Waals surface area (Å²) in [6.07, 6.45) is 2.30. The molecule has 1 saturated carbocycles. The Balaban J connectivity index is 1.27. The standard InChI is InChI=1S/C26H21N5O2/c27-15-20-5-1-2-6-21(20)16-33-23-10-4-8-19(14-23)26(32)28-22-9-3-7-18(13-22)25-29-24(30-31-25)17-11-12-17/h1-10,13-14,17H,11-12,16H2,(H,28,32)(H,29,30,31). The molecule has 0 aliphatic heterocycles. The molecule has 4 aromatic rings. The molecule has 5 rings (SSSR count). The Morgan fingerprint density at radius 3 is 2.79 bits per heavy atom. The maximum absolute atomic E-state index is 12.8. The Morgan fingerprint density at radius 1 is 1.09 bits per heavy atom. The van der Waals surface area contributed by atoms with Crippen LogP contribution in [0, 0.1) is 11.3 Å². The molecule has 1 heterocycles. The highest BCUT2D eigenvalue weighted by molar-refractivity contribution is 6.04. The van der Waals surface area contributed by atoms with Gasteiger partial charge in [-0.2, -0.15) is 10.4 Å². The van der Waals surface area contributed by atoms with Crippen molar-refractivity contribution >= 4 is 11.6 Å². The van der Waals surface area contributed by atoms with Crippen LogP contribution in [0.4, 0.5) is 5.69 Å². The third kappa shape index (κ3) is 4.75. The number of carbonyl (C=O) groups is 1. The van der Waals surface area contributed by atoms with Crippen molar-refractivity contribution in [2.75, 3.05) is 5.32 Å². The molecule has 1 fully saturated rings. The monoisotopic (exact) mass is 435 g/mol. The van der Waals surface area contributed by atoms with Gasteiger partial charge in [0.2, 0.25) is 0 Å². The normalized spacial score (nSPS) is 12.7. The predicted molar refractivity (Wildman–Crippen MR) is 124 cm³/mol. The average molecular weight is 435 g/mol. The number of rotatable bonds is 7. The topological polar surface area (TPSA) is 104 Å². The summed E-state index contributed by atoms with van der Waals surface area (Å²) < 4.78 is 5.83. The van der Waals surface area contributed by atoms with Crippen molar-refractivity contribution in [3.8, 4) is 23.2 Å². The van der Waals surface area contributed by atoms with Gasteiger partial charge in [0.1, 0.15) is 18.2 Å². The van der Waals surface area contributed by atoms with Gasteiger partial charge in [-0.3, -0.25) is 9.89 Å². The van der Waals surface area contributed by atoms with E-state index in [2.05, 4.69) is 26.6 Å². The van der Waals surface area contributed by atoms with Crippen LogP contribution in [-0.2, 0) is 6.61 Å². The number of anilines is 1. The Labute approximate surface area is 191 Å². The number of hydrogen-bond acceptors (Lipinski definition) is 5. The van der Waals surface area contributed by atoms with Crippen molar-refractivity contribution in [3.63, 3.8) is 0 Å². The Morgan fingerprint density at radius 2 is 1.94 bits per heavy atom. The van der Waals surface area contributed by atoms with Gasteiger partial charge in [0.25, 0.3) is 5.91 Å². The van der Waals surface area contributed by atoms with E-state index in [9.17, 15) is 10.1 Å². The highest BCUT2D eigenvalue weighted by atomic mass is 16.5. The zero-order chi connectivity index (χ0) is 22.6. The zero-order valence-electron chi connectivity index (χ0n) is 17.8. The number of hydrogen-bond donors (Lipinski definition) is 2. The quantitative estimate of drug-likeness (QED) is 0.423. The molecule has 1 aliphatic rings. The Bertz CT molecular complexity index is 1350. The number of nitrogens with zero attached hydrogens (tertiary/aromatic N) is 3. The molecule has 0 spiro atoms. The van der Waals surface area contributed by atoms with E-state index in [4.69, 9.17) is 4.74 Å². The summed E-state index contributed by atoms with van der Waals surface area (Å²) in [4.78, 5) is 17.4. The van der Waals surface area contributed by atoms with Crippen molar-refractivity contribution in [2.24, 2.45) is 0 Å². The third-order valence-electron chi connectivity index (χ3n) is 5.47. The first kappa shape index (κ1) is 20.5. The maximum atomic E-state index is 12.8. The summed E-state index contributed by atoms with van der Waals surface area (Å²) in [7, 11) is 0. The van der Waals surface area contributed by atoms with Crippen molar-refractivity contribution in [1.82, 2.24) is 15.2 Å². The number of H-pyrrole nitrogens is 1. The van der Waals surface area contributed by atoms with Gasteiger partial charge >= 0.3 is 0 Å². The van der Waals surface area contributed by atoms with Crippen LogP contribution in [0.5, 0.6) is 5.75 Å². The largest absolute Gasteiger partial charge is 0.489 e. The van der Waals surface area contributed by atoms with Crippen molar-refractivity contribution in [3.05, 3.63) is 95.3 Å². The first-order valence-corrected chi connectivity index (χ1v) is 10.7. The molecular formula is C26H21N5O2. The van der Waals surface area contributed by atoms with E-state index in [0.29, 0.717) is 34.3 Å². The lowest BCUT2D eigenvalue weighted by molar-refractivity contribution is 0.102. The second-order valence-electron chi connectivity index (χ2n) is 7.94. The second-order valence-corrected chi connectivity index (χ2v) is 7.94. The molecule has 7 nitrogen and oxygen atoms in total. The number of ether oxygens (including phenoxy) is 1. The summed E-state index contributed by atoms with van der Waals surface area (Å²) in [6.45, 7) is 0.246. The van der Waals surface area contributed by atoms with Crippen LogP contribution in [0.15, 0.2) is 72.8 Å². The summed E-state index contributed by atoms with van der Waals surface area (Å²) >= 11 is 0. The molecule has 0 unspecified atom stereocenters.